The van der Waals surface area contributed by atoms with Crippen molar-refractivity contribution in [3.05, 3.63) is 21.4 Å². The first-order chi connectivity index (χ1) is 6.18. The molecule has 1 aliphatic rings. The van der Waals surface area contributed by atoms with Crippen molar-refractivity contribution < 1.29 is 9.90 Å². The van der Waals surface area contributed by atoms with E-state index in [0.29, 0.717) is 11.5 Å². The summed E-state index contributed by atoms with van der Waals surface area (Å²) < 4.78 is 0. The second-order valence-electron chi connectivity index (χ2n) is 3.70. The average Bonchev–Trinajstić information content (AvgIpc) is 2.46. The minimum absolute atomic E-state index is 0.534. The van der Waals surface area contributed by atoms with E-state index in [2.05, 4.69) is 6.92 Å². The summed E-state index contributed by atoms with van der Waals surface area (Å²) in [5.41, 5.74) is 1.63. The number of carboxylic acids is 1. The van der Waals surface area contributed by atoms with Crippen LogP contribution in [0.5, 0.6) is 0 Å². The predicted octanol–water partition coefficient (Wildman–Crippen LogP) is 2.57. The Morgan fingerprint density at radius 3 is 3.15 bits per heavy atom. The van der Waals surface area contributed by atoms with E-state index in [1.807, 2.05) is 0 Å². The number of fused-ring (bicyclic) bond motifs is 1. The summed E-state index contributed by atoms with van der Waals surface area (Å²) in [5, 5.41) is 10.7. The fraction of sp³-hybridized carbons (Fsp3) is 0.500. The van der Waals surface area contributed by atoms with Crippen molar-refractivity contribution in [3.8, 4) is 0 Å². The van der Waals surface area contributed by atoms with E-state index >= 15 is 0 Å². The van der Waals surface area contributed by atoms with Crippen LogP contribution in [0.1, 0.15) is 34.1 Å². The monoisotopic (exact) mass is 196 g/mol. The standard InChI is InChI=1S/C10H12O2S/c1-6-2-3-7-8(10(11)12)5-13-9(7)4-6/h5-6H,2-4H2,1H3,(H,11,12)/t6-/m1/s1. The SMILES string of the molecule is C[C@@H]1CCc2c(C(=O)O)csc2C1. The van der Waals surface area contributed by atoms with Gasteiger partial charge in [-0.3, -0.25) is 0 Å². The third-order valence-corrected chi connectivity index (χ3v) is 3.68. The number of thiophene rings is 1. The zero-order valence-electron chi connectivity index (χ0n) is 7.54. The summed E-state index contributed by atoms with van der Waals surface area (Å²) in [6.07, 6.45) is 3.14. The fourth-order valence-corrected chi connectivity index (χ4v) is 3.09. The molecule has 0 aliphatic heterocycles. The van der Waals surface area contributed by atoms with Gasteiger partial charge in [-0.25, -0.2) is 4.79 Å². The van der Waals surface area contributed by atoms with Crippen LogP contribution in [0, 0.1) is 5.92 Å². The van der Waals surface area contributed by atoms with Gasteiger partial charge in [0, 0.05) is 10.3 Å². The van der Waals surface area contributed by atoms with Crippen LogP contribution in [0.3, 0.4) is 0 Å². The van der Waals surface area contributed by atoms with Gasteiger partial charge in [-0.2, -0.15) is 0 Å². The largest absolute Gasteiger partial charge is 0.478 e. The molecule has 1 heterocycles. The van der Waals surface area contributed by atoms with Gasteiger partial charge in [0.2, 0.25) is 0 Å². The van der Waals surface area contributed by atoms with Gasteiger partial charge in [0.1, 0.15) is 0 Å². The van der Waals surface area contributed by atoms with Crippen molar-refractivity contribution in [2.75, 3.05) is 0 Å². The zero-order chi connectivity index (χ0) is 9.42. The average molecular weight is 196 g/mol. The zero-order valence-corrected chi connectivity index (χ0v) is 8.36. The topological polar surface area (TPSA) is 37.3 Å². The van der Waals surface area contributed by atoms with Crippen molar-refractivity contribution >= 4 is 17.3 Å². The minimum atomic E-state index is -0.771. The van der Waals surface area contributed by atoms with Crippen LogP contribution in [-0.2, 0) is 12.8 Å². The molecule has 13 heavy (non-hydrogen) atoms. The highest BCUT2D eigenvalue weighted by Crippen LogP contribution is 2.32. The highest BCUT2D eigenvalue weighted by atomic mass is 32.1. The highest BCUT2D eigenvalue weighted by Gasteiger charge is 2.22. The maximum Gasteiger partial charge on any atom is 0.336 e. The van der Waals surface area contributed by atoms with Gasteiger partial charge in [0.05, 0.1) is 5.56 Å². The summed E-state index contributed by atoms with van der Waals surface area (Å²) >= 11 is 1.60. The maximum absolute atomic E-state index is 10.8. The Kier molecular flexibility index (Phi) is 2.12. The first-order valence-corrected chi connectivity index (χ1v) is 5.39. The molecule has 0 amide bonds. The molecular weight excluding hydrogens is 184 g/mol. The first kappa shape index (κ1) is 8.75. The highest BCUT2D eigenvalue weighted by molar-refractivity contribution is 7.10. The predicted molar refractivity (Wildman–Crippen MR) is 52.5 cm³/mol. The molecule has 0 aromatic carbocycles. The van der Waals surface area contributed by atoms with E-state index in [1.165, 1.54) is 4.88 Å². The van der Waals surface area contributed by atoms with E-state index in [-0.39, 0.29) is 0 Å². The summed E-state index contributed by atoms with van der Waals surface area (Å²) in [6.45, 7) is 2.23. The van der Waals surface area contributed by atoms with Crippen LogP contribution >= 0.6 is 11.3 Å². The van der Waals surface area contributed by atoms with Gasteiger partial charge in [0.15, 0.2) is 0 Å². The molecule has 0 radical (unpaired) electrons. The van der Waals surface area contributed by atoms with E-state index in [0.717, 1.165) is 24.8 Å². The van der Waals surface area contributed by atoms with Gasteiger partial charge in [0.25, 0.3) is 0 Å². The minimum Gasteiger partial charge on any atom is -0.478 e. The molecule has 1 N–H and O–H groups in total. The Morgan fingerprint density at radius 1 is 1.69 bits per heavy atom. The van der Waals surface area contributed by atoms with Crippen molar-refractivity contribution in [3.63, 3.8) is 0 Å². The molecule has 1 aliphatic carbocycles. The van der Waals surface area contributed by atoms with Crippen molar-refractivity contribution in [2.24, 2.45) is 5.92 Å². The summed E-state index contributed by atoms with van der Waals surface area (Å²) in [5.74, 6) is -0.0557. The van der Waals surface area contributed by atoms with E-state index in [4.69, 9.17) is 5.11 Å². The molecule has 0 spiro atoms. The van der Waals surface area contributed by atoms with Crippen molar-refractivity contribution in [1.29, 1.82) is 0 Å². The molecule has 2 rings (SSSR count). The Hall–Kier alpha value is -0.830. The van der Waals surface area contributed by atoms with Crippen LogP contribution in [0.15, 0.2) is 5.38 Å². The number of rotatable bonds is 1. The van der Waals surface area contributed by atoms with Crippen LogP contribution in [0.2, 0.25) is 0 Å². The van der Waals surface area contributed by atoms with Crippen molar-refractivity contribution in [2.45, 2.75) is 26.2 Å². The molecular formula is C10H12O2S. The van der Waals surface area contributed by atoms with E-state index in [1.54, 1.807) is 16.7 Å². The van der Waals surface area contributed by atoms with Crippen LogP contribution in [0.25, 0.3) is 0 Å². The Labute approximate surface area is 81.2 Å². The Morgan fingerprint density at radius 2 is 2.46 bits per heavy atom. The second-order valence-corrected chi connectivity index (χ2v) is 4.67. The van der Waals surface area contributed by atoms with Gasteiger partial charge < -0.3 is 5.11 Å². The van der Waals surface area contributed by atoms with Gasteiger partial charge in [-0.05, 0) is 30.7 Å². The third kappa shape index (κ3) is 1.48. The van der Waals surface area contributed by atoms with Gasteiger partial charge >= 0.3 is 5.97 Å². The van der Waals surface area contributed by atoms with E-state index < -0.39 is 5.97 Å². The Balaban J connectivity index is 2.39. The third-order valence-electron chi connectivity index (χ3n) is 2.63. The van der Waals surface area contributed by atoms with Crippen molar-refractivity contribution in [1.82, 2.24) is 0 Å². The fourth-order valence-electron chi connectivity index (χ4n) is 1.86. The molecule has 1 aromatic rings. The lowest BCUT2D eigenvalue weighted by Crippen LogP contribution is -2.11. The van der Waals surface area contributed by atoms with Crippen LogP contribution < -0.4 is 0 Å². The van der Waals surface area contributed by atoms with Gasteiger partial charge in [-0.15, -0.1) is 11.3 Å². The quantitative estimate of drug-likeness (QED) is 0.749. The normalized spacial score (nSPS) is 21.2. The summed E-state index contributed by atoms with van der Waals surface area (Å²) in [6, 6.07) is 0. The molecule has 2 nitrogen and oxygen atoms in total. The lowest BCUT2D eigenvalue weighted by atomic mass is 9.89. The number of hydrogen-bond donors (Lipinski definition) is 1. The van der Waals surface area contributed by atoms with Crippen LogP contribution in [0.4, 0.5) is 0 Å². The molecule has 1 atom stereocenters. The first-order valence-electron chi connectivity index (χ1n) is 4.51. The van der Waals surface area contributed by atoms with E-state index in [9.17, 15) is 4.79 Å². The molecule has 3 heteroatoms. The molecule has 1 aromatic heterocycles. The molecule has 0 unspecified atom stereocenters. The molecule has 70 valence electrons. The summed E-state index contributed by atoms with van der Waals surface area (Å²) in [7, 11) is 0. The van der Waals surface area contributed by atoms with Crippen LogP contribution in [-0.4, -0.2) is 11.1 Å². The molecule has 0 fully saturated rings. The number of carbonyl (C=O) groups is 1. The smallest absolute Gasteiger partial charge is 0.336 e. The molecule has 0 saturated heterocycles. The second kappa shape index (κ2) is 3.14. The Bertz CT molecular complexity index is 341. The number of hydrogen-bond acceptors (Lipinski definition) is 2. The van der Waals surface area contributed by atoms with Gasteiger partial charge in [-0.1, -0.05) is 6.92 Å². The molecule has 0 saturated carbocycles. The maximum atomic E-state index is 10.8. The lowest BCUT2D eigenvalue weighted by molar-refractivity contribution is 0.0696. The summed E-state index contributed by atoms with van der Waals surface area (Å²) in [4.78, 5) is 12.1. The number of carboxylic acid groups (broad SMARTS) is 1. The molecule has 0 bridgehead atoms. The number of aromatic carboxylic acids is 1. The lowest BCUT2D eigenvalue weighted by Gasteiger charge is -2.18.